The maximum absolute atomic E-state index is 13.2. The molecule has 1 saturated heterocycles. The molecule has 0 aliphatic carbocycles. The van der Waals surface area contributed by atoms with E-state index in [9.17, 15) is 9.59 Å². The number of carbonyl (C=O) groups is 2. The molecule has 1 N–H and O–H groups in total. The minimum Gasteiger partial charge on any atom is -0.315 e. The van der Waals surface area contributed by atoms with Gasteiger partial charge in [0, 0.05) is 12.4 Å². The molecule has 1 heterocycles. The highest BCUT2D eigenvalue weighted by Gasteiger charge is 2.53. The molecule has 0 bridgehead atoms. The largest absolute Gasteiger partial charge is 0.325 e. The fraction of sp³-hybridized carbons (Fsp3) is 0.263. The summed E-state index contributed by atoms with van der Waals surface area (Å²) >= 11 is 5.70. The van der Waals surface area contributed by atoms with Gasteiger partial charge < -0.3 is 5.32 Å². The Balaban J connectivity index is 2.04. The molecular weight excluding hydrogens is 324 g/mol. The van der Waals surface area contributed by atoms with Crippen molar-refractivity contribution in [3.63, 3.8) is 0 Å². The summed E-state index contributed by atoms with van der Waals surface area (Å²) in [5, 5.41) is 2.93. The van der Waals surface area contributed by atoms with E-state index in [1.165, 1.54) is 4.90 Å². The molecule has 0 spiro atoms. The fourth-order valence-electron chi connectivity index (χ4n) is 3.08. The maximum atomic E-state index is 13.2. The van der Waals surface area contributed by atoms with Gasteiger partial charge in [0.25, 0.3) is 5.91 Å². The molecule has 0 unspecified atom stereocenters. The fourth-order valence-corrected chi connectivity index (χ4v) is 3.27. The summed E-state index contributed by atoms with van der Waals surface area (Å²) in [7, 11) is 0. The standard InChI is InChI=1S/C19H19ClN2O2/c20-13-7-8-14-22-17(23)19(21-18(22)24,15-9-3-1-4-10-15)16-11-5-2-6-12-16/h1-6,9-12H,7-8,13-14H2,(H,21,24). The monoisotopic (exact) mass is 342 g/mol. The van der Waals surface area contributed by atoms with Crippen molar-refractivity contribution in [1.29, 1.82) is 0 Å². The zero-order valence-electron chi connectivity index (χ0n) is 13.2. The first-order valence-electron chi connectivity index (χ1n) is 8.01. The van der Waals surface area contributed by atoms with Gasteiger partial charge in [-0.1, -0.05) is 60.7 Å². The van der Waals surface area contributed by atoms with Crippen LogP contribution in [0.1, 0.15) is 24.0 Å². The van der Waals surface area contributed by atoms with Crippen LogP contribution in [0.3, 0.4) is 0 Å². The smallest absolute Gasteiger partial charge is 0.315 e. The van der Waals surface area contributed by atoms with Crippen LogP contribution in [-0.4, -0.2) is 29.3 Å². The normalized spacial score (nSPS) is 16.3. The minimum atomic E-state index is -1.17. The van der Waals surface area contributed by atoms with Gasteiger partial charge in [-0.25, -0.2) is 4.79 Å². The Morgan fingerprint density at radius 3 is 1.92 bits per heavy atom. The van der Waals surface area contributed by atoms with Crippen LogP contribution < -0.4 is 5.32 Å². The van der Waals surface area contributed by atoms with Crippen molar-refractivity contribution in [2.45, 2.75) is 18.4 Å². The van der Waals surface area contributed by atoms with Crippen LogP contribution in [0.5, 0.6) is 0 Å². The predicted molar refractivity (Wildman–Crippen MR) is 93.9 cm³/mol. The maximum Gasteiger partial charge on any atom is 0.325 e. The van der Waals surface area contributed by atoms with Crippen molar-refractivity contribution in [2.75, 3.05) is 12.4 Å². The highest BCUT2D eigenvalue weighted by molar-refractivity contribution is 6.17. The Labute approximate surface area is 146 Å². The molecule has 124 valence electrons. The molecule has 3 amide bonds. The van der Waals surface area contributed by atoms with Crippen molar-refractivity contribution in [3.8, 4) is 0 Å². The second-order valence-corrected chi connectivity index (χ2v) is 6.14. The third-order valence-electron chi connectivity index (χ3n) is 4.28. The Hall–Kier alpha value is -2.33. The number of rotatable bonds is 6. The summed E-state index contributed by atoms with van der Waals surface area (Å²) in [6, 6.07) is 18.4. The van der Waals surface area contributed by atoms with E-state index in [1.807, 2.05) is 60.7 Å². The van der Waals surface area contributed by atoms with Crippen LogP contribution in [0.4, 0.5) is 4.79 Å². The second kappa shape index (κ2) is 7.05. The van der Waals surface area contributed by atoms with E-state index < -0.39 is 5.54 Å². The van der Waals surface area contributed by atoms with Crippen molar-refractivity contribution in [3.05, 3.63) is 71.8 Å². The van der Waals surface area contributed by atoms with E-state index in [0.717, 1.165) is 17.5 Å². The molecule has 4 nitrogen and oxygen atoms in total. The van der Waals surface area contributed by atoms with Crippen molar-refractivity contribution in [2.24, 2.45) is 0 Å². The zero-order valence-corrected chi connectivity index (χ0v) is 14.0. The number of imide groups is 1. The van der Waals surface area contributed by atoms with Gasteiger partial charge in [0.2, 0.25) is 0 Å². The van der Waals surface area contributed by atoms with Crippen LogP contribution >= 0.6 is 11.6 Å². The van der Waals surface area contributed by atoms with E-state index in [4.69, 9.17) is 11.6 Å². The predicted octanol–water partition coefficient (Wildman–Crippen LogP) is 3.50. The number of hydrogen-bond donors (Lipinski definition) is 1. The van der Waals surface area contributed by atoms with Crippen LogP contribution in [-0.2, 0) is 10.3 Å². The van der Waals surface area contributed by atoms with E-state index in [0.29, 0.717) is 18.8 Å². The third kappa shape index (κ3) is 2.78. The van der Waals surface area contributed by atoms with E-state index in [2.05, 4.69) is 5.32 Å². The van der Waals surface area contributed by atoms with E-state index in [1.54, 1.807) is 0 Å². The van der Waals surface area contributed by atoms with Gasteiger partial charge >= 0.3 is 6.03 Å². The van der Waals surface area contributed by atoms with Crippen LogP contribution in [0.2, 0.25) is 0 Å². The Kier molecular flexibility index (Phi) is 4.86. The van der Waals surface area contributed by atoms with E-state index in [-0.39, 0.29) is 11.9 Å². The van der Waals surface area contributed by atoms with Gasteiger partial charge in [0.05, 0.1) is 0 Å². The summed E-state index contributed by atoms with van der Waals surface area (Å²) in [5.41, 5.74) is 0.351. The number of amides is 3. The molecule has 0 atom stereocenters. The number of halogens is 1. The zero-order chi connectivity index (χ0) is 17.0. The molecule has 2 aromatic carbocycles. The lowest BCUT2D eigenvalue weighted by Gasteiger charge is -2.28. The van der Waals surface area contributed by atoms with Crippen LogP contribution in [0.15, 0.2) is 60.7 Å². The topological polar surface area (TPSA) is 49.4 Å². The first-order valence-corrected chi connectivity index (χ1v) is 8.54. The quantitative estimate of drug-likeness (QED) is 0.496. The van der Waals surface area contributed by atoms with Gasteiger partial charge in [0.1, 0.15) is 0 Å². The number of hydrogen-bond acceptors (Lipinski definition) is 2. The van der Waals surface area contributed by atoms with Crippen LogP contribution in [0, 0.1) is 0 Å². The highest BCUT2D eigenvalue weighted by atomic mass is 35.5. The molecule has 0 radical (unpaired) electrons. The number of nitrogens with one attached hydrogen (secondary N) is 1. The lowest BCUT2D eigenvalue weighted by Crippen LogP contribution is -2.45. The summed E-state index contributed by atoms with van der Waals surface area (Å²) in [5.74, 6) is 0.283. The van der Waals surface area contributed by atoms with Crippen LogP contribution in [0.25, 0.3) is 0 Å². The van der Waals surface area contributed by atoms with Gasteiger partial charge in [-0.3, -0.25) is 9.69 Å². The van der Waals surface area contributed by atoms with Crippen molar-refractivity contribution >= 4 is 23.5 Å². The molecule has 24 heavy (non-hydrogen) atoms. The number of carbonyl (C=O) groups excluding carboxylic acids is 2. The molecule has 3 rings (SSSR count). The lowest BCUT2D eigenvalue weighted by atomic mass is 9.82. The molecule has 0 aromatic heterocycles. The Bertz CT molecular complexity index is 679. The summed E-state index contributed by atoms with van der Waals surface area (Å²) < 4.78 is 0. The Morgan fingerprint density at radius 1 is 0.875 bits per heavy atom. The average molecular weight is 343 g/mol. The molecule has 1 aliphatic heterocycles. The first-order chi connectivity index (χ1) is 11.7. The van der Waals surface area contributed by atoms with Crippen molar-refractivity contribution < 1.29 is 9.59 Å². The minimum absolute atomic E-state index is 0.237. The third-order valence-corrected chi connectivity index (χ3v) is 4.55. The van der Waals surface area contributed by atoms with Crippen molar-refractivity contribution in [1.82, 2.24) is 10.2 Å². The molecule has 1 fully saturated rings. The van der Waals surface area contributed by atoms with E-state index >= 15 is 0 Å². The summed E-state index contributed by atoms with van der Waals surface area (Å²) in [6.45, 7) is 0.374. The molecular formula is C19H19ClN2O2. The molecule has 0 saturated carbocycles. The number of nitrogens with zero attached hydrogens (tertiary/aromatic N) is 1. The second-order valence-electron chi connectivity index (χ2n) is 5.77. The van der Waals surface area contributed by atoms with Gasteiger partial charge in [-0.05, 0) is 24.0 Å². The lowest BCUT2D eigenvalue weighted by molar-refractivity contribution is -0.130. The Morgan fingerprint density at radius 2 is 1.42 bits per heavy atom. The highest BCUT2D eigenvalue weighted by Crippen LogP contribution is 2.35. The number of alkyl halides is 1. The molecule has 5 heteroatoms. The molecule has 1 aliphatic rings. The number of urea groups is 1. The van der Waals surface area contributed by atoms with Gasteiger partial charge in [0.15, 0.2) is 5.54 Å². The van der Waals surface area contributed by atoms with Gasteiger partial charge in [-0.2, -0.15) is 0 Å². The van der Waals surface area contributed by atoms with Gasteiger partial charge in [-0.15, -0.1) is 11.6 Å². The average Bonchev–Trinajstić information content (AvgIpc) is 2.89. The molecule has 2 aromatic rings. The SMILES string of the molecule is O=C1NC(c2ccccc2)(c2ccccc2)C(=O)N1CCCCCl. The number of unbranched alkanes of at least 4 members (excludes halogenated alkanes) is 1. The number of benzene rings is 2. The summed E-state index contributed by atoms with van der Waals surface area (Å²) in [4.78, 5) is 27.0. The first kappa shape index (κ1) is 16.5. The summed E-state index contributed by atoms with van der Waals surface area (Å²) in [6.07, 6.45) is 1.46.